The van der Waals surface area contributed by atoms with Crippen LogP contribution in [0.2, 0.25) is 0 Å². The number of hydrazine groups is 1. The van der Waals surface area contributed by atoms with Crippen molar-refractivity contribution in [1.82, 2.24) is 20.1 Å². The topological polar surface area (TPSA) is 116 Å². The van der Waals surface area contributed by atoms with Crippen molar-refractivity contribution in [3.8, 4) is 0 Å². The highest BCUT2D eigenvalue weighted by molar-refractivity contribution is 5.95. The van der Waals surface area contributed by atoms with Gasteiger partial charge in [0.05, 0.1) is 32.0 Å². The van der Waals surface area contributed by atoms with E-state index in [1.807, 2.05) is 18.2 Å². The summed E-state index contributed by atoms with van der Waals surface area (Å²) >= 11 is 0. The lowest BCUT2D eigenvalue weighted by Crippen LogP contribution is -2.52. The van der Waals surface area contributed by atoms with Crippen molar-refractivity contribution >= 4 is 28.4 Å². The van der Waals surface area contributed by atoms with Crippen molar-refractivity contribution in [2.45, 2.75) is 12.7 Å². The summed E-state index contributed by atoms with van der Waals surface area (Å²) in [4.78, 5) is 11.2. The molecule has 3 heterocycles. The number of H-pyrrole nitrogens is 1. The van der Waals surface area contributed by atoms with Gasteiger partial charge in [0.15, 0.2) is 0 Å². The molecule has 10 nitrogen and oxygen atoms in total. The minimum atomic E-state index is -0.499. The molecule has 10 heteroatoms. The van der Waals surface area contributed by atoms with Crippen molar-refractivity contribution in [3.05, 3.63) is 24.4 Å². The molecule has 1 atom stereocenters. The van der Waals surface area contributed by atoms with Crippen LogP contribution in [0.3, 0.4) is 0 Å². The van der Waals surface area contributed by atoms with Gasteiger partial charge >= 0.3 is 6.02 Å². The molecule has 4 rings (SSSR count). The van der Waals surface area contributed by atoms with Crippen LogP contribution < -0.4 is 11.2 Å². The Hall–Kier alpha value is -2.69. The lowest BCUT2D eigenvalue weighted by atomic mass is 10.2. The number of hydrogen-bond donors (Lipinski definition) is 3. The lowest BCUT2D eigenvalue weighted by Gasteiger charge is -2.33. The standard InChI is InChI=1S/C17H24N8O2/c1-26-17-21-15(4-5-24-6-8-27-9-7-24)25(18)16(22-17)20-13-2-3-14-12(10-13)11-19-23-14/h2-3,10-11,16,20H,4-9,18H2,1H3,(H,19,23). The zero-order chi connectivity index (χ0) is 18.6. The molecule has 2 aromatic rings. The molecule has 2 aliphatic heterocycles. The molecule has 1 aromatic carbocycles. The Morgan fingerprint density at radius 1 is 1.37 bits per heavy atom. The summed E-state index contributed by atoms with van der Waals surface area (Å²) in [7, 11) is 1.56. The van der Waals surface area contributed by atoms with Gasteiger partial charge in [0.2, 0.25) is 6.29 Å². The van der Waals surface area contributed by atoms with Crippen LogP contribution in [0.25, 0.3) is 10.9 Å². The molecule has 4 N–H and O–H groups in total. The van der Waals surface area contributed by atoms with E-state index in [1.54, 1.807) is 18.3 Å². The third-order valence-electron chi connectivity index (χ3n) is 4.69. The van der Waals surface area contributed by atoms with E-state index < -0.39 is 6.29 Å². The van der Waals surface area contributed by atoms with Crippen molar-refractivity contribution in [2.24, 2.45) is 15.8 Å². The van der Waals surface area contributed by atoms with Crippen molar-refractivity contribution in [2.75, 3.05) is 45.3 Å². The van der Waals surface area contributed by atoms with Gasteiger partial charge in [0.1, 0.15) is 5.84 Å². The summed E-state index contributed by atoms with van der Waals surface area (Å²) in [5, 5.41) is 12.9. The van der Waals surface area contributed by atoms with Gasteiger partial charge in [0, 0.05) is 37.1 Å². The third kappa shape index (κ3) is 4.02. The highest BCUT2D eigenvalue weighted by Crippen LogP contribution is 2.19. The maximum atomic E-state index is 6.31. The van der Waals surface area contributed by atoms with Gasteiger partial charge in [-0.2, -0.15) is 15.1 Å². The minimum absolute atomic E-state index is 0.315. The predicted molar refractivity (Wildman–Crippen MR) is 103 cm³/mol. The second kappa shape index (κ2) is 7.91. The quantitative estimate of drug-likeness (QED) is 0.657. The summed E-state index contributed by atoms with van der Waals surface area (Å²) in [5.41, 5.74) is 1.86. The normalized spacial score (nSPS) is 21.1. The fourth-order valence-corrected chi connectivity index (χ4v) is 3.15. The number of amidine groups is 2. The van der Waals surface area contributed by atoms with Crippen LogP contribution in [0, 0.1) is 0 Å². The third-order valence-corrected chi connectivity index (χ3v) is 4.69. The van der Waals surface area contributed by atoms with Gasteiger partial charge in [-0.15, -0.1) is 0 Å². The smallest absolute Gasteiger partial charge is 0.316 e. The Balaban J connectivity index is 1.45. The first kappa shape index (κ1) is 17.7. The molecule has 0 amide bonds. The summed E-state index contributed by atoms with van der Waals surface area (Å²) in [6.45, 7) is 4.25. The van der Waals surface area contributed by atoms with Crippen LogP contribution in [-0.4, -0.2) is 78.2 Å². The molecule has 0 bridgehead atoms. The summed E-state index contributed by atoms with van der Waals surface area (Å²) in [6.07, 6.45) is 1.99. The number of nitrogens with one attached hydrogen (secondary N) is 2. The average molecular weight is 372 g/mol. The van der Waals surface area contributed by atoms with Crippen LogP contribution in [0.4, 0.5) is 5.69 Å². The molecular weight excluding hydrogens is 348 g/mol. The molecular formula is C17H24N8O2. The maximum absolute atomic E-state index is 6.31. The number of morpholine rings is 1. The number of hydrogen-bond acceptors (Lipinski definition) is 9. The lowest BCUT2D eigenvalue weighted by molar-refractivity contribution is 0.0388. The average Bonchev–Trinajstić information content (AvgIpc) is 3.17. The SMILES string of the molecule is COC1=NC(Nc2ccc3[nH]ncc3c2)N(N)C(CCN2CCOCC2)=N1. The maximum Gasteiger partial charge on any atom is 0.316 e. The Kier molecular flexibility index (Phi) is 5.19. The molecule has 0 radical (unpaired) electrons. The number of methoxy groups -OCH3 is 1. The molecule has 0 spiro atoms. The van der Waals surface area contributed by atoms with Crippen molar-refractivity contribution in [1.29, 1.82) is 0 Å². The van der Waals surface area contributed by atoms with Crippen LogP contribution in [0.1, 0.15) is 6.42 Å². The number of aromatic nitrogens is 2. The molecule has 1 fully saturated rings. The number of fused-ring (bicyclic) bond motifs is 1. The number of rotatable bonds is 5. The first-order chi connectivity index (χ1) is 13.2. The number of ether oxygens (including phenoxy) is 2. The molecule has 0 aliphatic carbocycles. The van der Waals surface area contributed by atoms with Gasteiger partial charge < -0.3 is 14.8 Å². The zero-order valence-corrected chi connectivity index (χ0v) is 15.3. The van der Waals surface area contributed by atoms with Gasteiger partial charge in [0.25, 0.3) is 0 Å². The Labute approximate surface area is 157 Å². The molecule has 27 heavy (non-hydrogen) atoms. The van der Waals surface area contributed by atoms with Crippen LogP contribution in [0.15, 0.2) is 34.4 Å². The van der Waals surface area contributed by atoms with E-state index in [9.17, 15) is 0 Å². The number of nitrogens with zero attached hydrogens (tertiary/aromatic N) is 5. The second-order valence-electron chi connectivity index (χ2n) is 6.45. The van der Waals surface area contributed by atoms with E-state index in [0.29, 0.717) is 12.4 Å². The molecule has 1 unspecified atom stereocenters. The molecule has 0 saturated carbocycles. The van der Waals surface area contributed by atoms with E-state index in [0.717, 1.165) is 55.3 Å². The number of aromatic amines is 1. The number of benzene rings is 1. The number of nitrogens with two attached hydrogens (primary N) is 1. The monoisotopic (exact) mass is 372 g/mol. The largest absolute Gasteiger partial charge is 0.467 e. The van der Waals surface area contributed by atoms with E-state index in [4.69, 9.17) is 15.3 Å². The second-order valence-corrected chi connectivity index (χ2v) is 6.45. The van der Waals surface area contributed by atoms with Gasteiger partial charge in [-0.05, 0) is 18.2 Å². The van der Waals surface area contributed by atoms with E-state index in [1.165, 1.54) is 0 Å². The summed E-state index contributed by atoms with van der Waals surface area (Å²) in [6, 6.07) is 6.22. The zero-order valence-electron chi connectivity index (χ0n) is 15.3. The Morgan fingerprint density at radius 3 is 3.04 bits per heavy atom. The molecule has 2 aliphatic rings. The van der Waals surface area contributed by atoms with Gasteiger partial charge in [-0.1, -0.05) is 0 Å². The molecule has 1 saturated heterocycles. The summed E-state index contributed by atoms with van der Waals surface area (Å²) < 4.78 is 10.7. The predicted octanol–water partition coefficient (Wildman–Crippen LogP) is 0.571. The summed E-state index contributed by atoms with van der Waals surface area (Å²) in [5.74, 6) is 7.04. The highest BCUT2D eigenvalue weighted by Gasteiger charge is 2.25. The van der Waals surface area contributed by atoms with E-state index in [-0.39, 0.29) is 0 Å². The number of aliphatic imine (C=N–C) groups is 2. The fraction of sp³-hybridized carbons (Fsp3) is 0.471. The first-order valence-corrected chi connectivity index (χ1v) is 8.96. The first-order valence-electron chi connectivity index (χ1n) is 8.96. The molecule has 144 valence electrons. The fourth-order valence-electron chi connectivity index (χ4n) is 3.15. The number of anilines is 1. The van der Waals surface area contributed by atoms with Gasteiger partial charge in [-0.25, -0.2) is 5.84 Å². The minimum Gasteiger partial charge on any atom is -0.467 e. The van der Waals surface area contributed by atoms with Crippen molar-refractivity contribution in [3.63, 3.8) is 0 Å². The van der Waals surface area contributed by atoms with Crippen LogP contribution >= 0.6 is 0 Å². The van der Waals surface area contributed by atoms with E-state index >= 15 is 0 Å². The Morgan fingerprint density at radius 2 is 2.22 bits per heavy atom. The highest BCUT2D eigenvalue weighted by atomic mass is 16.5. The van der Waals surface area contributed by atoms with E-state index in [2.05, 4.69) is 30.4 Å². The van der Waals surface area contributed by atoms with Crippen molar-refractivity contribution < 1.29 is 9.47 Å². The Bertz CT molecular complexity index is 842. The van der Waals surface area contributed by atoms with Gasteiger partial charge in [-0.3, -0.25) is 15.0 Å². The van der Waals surface area contributed by atoms with Crippen LogP contribution in [-0.2, 0) is 9.47 Å². The molecule has 1 aromatic heterocycles. The van der Waals surface area contributed by atoms with Crippen LogP contribution in [0.5, 0.6) is 0 Å².